The molecule has 3 saturated heterocycles. The SMILES string of the molecule is C=CCN(C(=O)C1N([C@@H](CC)CO)C(=O)[C@@H]2[C@H](C(=O)O)[C@]3(C)CCC12S3)c1ccc(N(CC)CC)cc1. The predicted molar refractivity (Wildman–Crippen MR) is 147 cm³/mol. The first-order valence-electron chi connectivity index (χ1n) is 13.3. The van der Waals surface area contributed by atoms with E-state index in [1.165, 1.54) is 16.7 Å². The van der Waals surface area contributed by atoms with Crippen molar-refractivity contribution in [1.82, 2.24) is 4.90 Å². The van der Waals surface area contributed by atoms with E-state index in [9.17, 15) is 24.6 Å². The van der Waals surface area contributed by atoms with Crippen LogP contribution in [0.25, 0.3) is 0 Å². The van der Waals surface area contributed by atoms with Gasteiger partial charge in [0, 0.05) is 35.8 Å². The highest BCUT2D eigenvalue weighted by Crippen LogP contribution is 2.71. The van der Waals surface area contributed by atoms with Crippen molar-refractivity contribution in [1.29, 1.82) is 0 Å². The van der Waals surface area contributed by atoms with Gasteiger partial charge in [0.25, 0.3) is 5.91 Å². The largest absolute Gasteiger partial charge is 0.481 e. The molecule has 3 aliphatic rings. The number of hydrogen-bond donors (Lipinski definition) is 2. The Morgan fingerprint density at radius 1 is 1.19 bits per heavy atom. The van der Waals surface area contributed by atoms with Crippen LogP contribution in [-0.2, 0) is 14.4 Å². The molecule has 2 unspecified atom stereocenters. The monoisotopic (exact) mass is 529 g/mol. The van der Waals surface area contributed by atoms with E-state index in [0.29, 0.717) is 24.9 Å². The fourth-order valence-electron chi connectivity index (χ4n) is 6.86. The minimum absolute atomic E-state index is 0.249. The molecule has 0 saturated carbocycles. The maximum atomic E-state index is 14.5. The van der Waals surface area contributed by atoms with Crippen molar-refractivity contribution < 1.29 is 24.6 Å². The first-order chi connectivity index (χ1) is 17.6. The molecule has 3 fully saturated rings. The number of amides is 2. The fourth-order valence-corrected chi connectivity index (χ4v) is 9.19. The van der Waals surface area contributed by atoms with Crippen LogP contribution in [0.2, 0.25) is 0 Å². The Labute approximate surface area is 223 Å². The lowest BCUT2D eigenvalue weighted by Gasteiger charge is -2.39. The molecule has 4 rings (SSSR count). The molecule has 1 aromatic rings. The molecule has 0 aliphatic carbocycles. The van der Waals surface area contributed by atoms with Gasteiger partial charge in [0.1, 0.15) is 6.04 Å². The van der Waals surface area contributed by atoms with E-state index in [-0.39, 0.29) is 25.0 Å². The number of carbonyl (C=O) groups excluding carboxylic acids is 2. The van der Waals surface area contributed by atoms with Gasteiger partial charge in [-0.3, -0.25) is 14.4 Å². The van der Waals surface area contributed by atoms with Crippen LogP contribution < -0.4 is 9.80 Å². The van der Waals surface area contributed by atoms with Crippen molar-refractivity contribution in [3.8, 4) is 0 Å². The van der Waals surface area contributed by atoms with Crippen LogP contribution >= 0.6 is 11.8 Å². The number of nitrogens with zero attached hydrogens (tertiary/aromatic N) is 3. The average molecular weight is 530 g/mol. The minimum atomic E-state index is -0.991. The van der Waals surface area contributed by atoms with E-state index in [2.05, 4.69) is 25.3 Å². The first-order valence-corrected chi connectivity index (χ1v) is 14.1. The third-order valence-electron chi connectivity index (χ3n) is 8.66. The molecule has 9 heteroatoms. The quantitative estimate of drug-likeness (QED) is 0.424. The Kier molecular flexibility index (Phi) is 7.68. The maximum absolute atomic E-state index is 14.5. The summed E-state index contributed by atoms with van der Waals surface area (Å²) in [7, 11) is 0. The number of fused-ring (bicyclic) bond motifs is 1. The topological polar surface area (TPSA) is 101 Å². The highest BCUT2D eigenvalue weighted by Gasteiger charge is 2.78. The fraction of sp³-hybridized carbons (Fsp3) is 0.607. The number of likely N-dealkylation sites (tertiary alicyclic amines) is 1. The predicted octanol–water partition coefficient (Wildman–Crippen LogP) is 3.39. The van der Waals surface area contributed by atoms with Gasteiger partial charge < -0.3 is 24.9 Å². The van der Waals surface area contributed by atoms with E-state index in [0.717, 1.165) is 18.8 Å². The Balaban J connectivity index is 1.79. The molecule has 2 amide bonds. The zero-order valence-corrected chi connectivity index (χ0v) is 23.0. The molecular formula is C28H39N3O5S. The van der Waals surface area contributed by atoms with E-state index >= 15 is 0 Å². The van der Waals surface area contributed by atoms with Gasteiger partial charge in [-0.05, 0) is 64.3 Å². The number of aliphatic hydroxyl groups excluding tert-OH is 1. The summed E-state index contributed by atoms with van der Waals surface area (Å²) in [5, 5.41) is 20.3. The normalized spacial score (nSPS) is 30.8. The number of hydrogen-bond acceptors (Lipinski definition) is 6. The molecular weight excluding hydrogens is 490 g/mol. The Morgan fingerprint density at radius 2 is 1.81 bits per heavy atom. The summed E-state index contributed by atoms with van der Waals surface area (Å²) >= 11 is 1.51. The van der Waals surface area contributed by atoms with Gasteiger partial charge >= 0.3 is 5.97 Å². The number of rotatable bonds is 11. The van der Waals surface area contributed by atoms with Gasteiger partial charge in [-0.25, -0.2) is 0 Å². The molecule has 202 valence electrons. The number of carbonyl (C=O) groups is 3. The van der Waals surface area contributed by atoms with Gasteiger partial charge in [-0.1, -0.05) is 13.0 Å². The smallest absolute Gasteiger partial charge is 0.308 e. The average Bonchev–Trinajstić information content (AvgIpc) is 3.45. The van der Waals surface area contributed by atoms with Crippen molar-refractivity contribution in [2.24, 2.45) is 11.8 Å². The molecule has 2 bridgehead atoms. The van der Waals surface area contributed by atoms with Gasteiger partial charge in [0.05, 0.1) is 29.2 Å². The molecule has 3 aliphatic heterocycles. The van der Waals surface area contributed by atoms with E-state index in [1.54, 1.807) is 11.0 Å². The second kappa shape index (κ2) is 10.3. The summed E-state index contributed by atoms with van der Waals surface area (Å²) in [6.45, 7) is 13.5. The molecule has 0 radical (unpaired) electrons. The standard InChI is InChI=1S/C28H39N3O5S/c1-6-16-30(20-12-10-19(11-13-20)29(8-3)9-4)25(34)23-28-15-14-27(5,37-28)22(26(35)36)21(28)24(33)31(23)18(7-2)17-32/h6,10-13,18,21-23,32H,1,7-9,14-17H2,2-5H3,(H,35,36)/t18-,21-,22+,23?,27-,28?/m0/s1. The van der Waals surface area contributed by atoms with Crippen LogP contribution in [0.5, 0.6) is 0 Å². The van der Waals surface area contributed by atoms with Crippen LogP contribution in [0.4, 0.5) is 11.4 Å². The van der Waals surface area contributed by atoms with Crippen LogP contribution in [0.1, 0.15) is 47.0 Å². The highest BCUT2D eigenvalue weighted by atomic mass is 32.2. The summed E-state index contributed by atoms with van der Waals surface area (Å²) in [6.07, 6.45) is 3.35. The summed E-state index contributed by atoms with van der Waals surface area (Å²) in [6, 6.07) is 6.39. The molecule has 3 heterocycles. The summed E-state index contributed by atoms with van der Waals surface area (Å²) in [5.41, 5.74) is 1.76. The number of aliphatic hydroxyl groups is 1. The Bertz CT molecular complexity index is 1060. The second-order valence-electron chi connectivity index (χ2n) is 10.5. The number of carboxylic acids is 1. The van der Waals surface area contributed by atoms with Crippen LogP contribution in [0.3, 0.4) is 0 Å². The van der Waals surface area contributed by atoms with Crippen molar-refractivity contribution in [2.75, 3.05) is 36.0 Å². The number of carboxylic acid groups (broad SMARTS) is 1. The van der Waals surface area contributed by atoms with Crippen molar-refractivity contribution in [3.05, 3.63) is 36.9 Å². The van der Waals surface area contributed by atoms with Crippen LogP contribution in [0.15, 0.2) is 36.9 Å². The zero-order chi connectivity index (χ0) is 27.1. The van der Waals surface area contributed by atoms with Crippen molar-refractivity contribution in [3.63, 3.8) is 0 Å². The van der Waals surface area contributed by atoms with Gasteiger partial charge in [0.15, 0.2) is 0 Å². The van der Waals surface area contributed by atoms with Gasteiger partial charge in [0.2, 0.25) is 5.91 Å². The van der Waals surface area contributed by atoms with Crippen molar-refractivity contribution >= 4 is 40.9 Å². The third-order valence-corrected chi connectivity index (χ3v) is 10.6. The highest BCUT2D eigenvalue weighted by molar-refractivity contribution is 8.02. The van der Waals surface area contributed by atoms with Crippen LogP contribution in [0, 0.1) is 11.8 Å². The lowest BCUT2D eigenvalue weighted by atomic mass is 9.66. The zero-order valence-electron chi connectivity index (χ0n) is 22.2. The summed E-state index contributed by atoms with van der Waals surface area (Å²) < 4.78 is -1.44. The number of anilines is 2. The number of thioether (sulfide) groups is 1. The van der Waals surface area contributed by atoms with E-state index < -0.39 is 39.4 Å². The second-order valence-corrected chi connectivity index (χ2v) is 12.4. The third kappa shape index (κ3) is 4.14. The lowest BCUT2D eigenvalue weighted by Crippen LogP contribution is -2.57. The van der Waals surface area contributed by atoms with E-state index in [4.69, 9.17) is 0 Å². The van der Waals surface area contributed by atoms with Gasteiger partial charge in [-0.15, -0.1) is 18.3 Å². The lowest BCUT2D eigenvalue weighted by molar-refractivity contribution is -0.150. The van der Waals surface area contributed by atoms with Crippen molar-refractivity contribution in [2.45, 2.75) is 68.5 Å². The molecule has 2 N–H and O–H groups in total. The first kappa shape index (κ1) is 27.5. The number of aliphatic carboxylic acids is 1. The molecule has 8 nitrogen and oxygen atoms in total. The Morgan fingerprint density at radius 3 is 2.32 bits per heavy atom. The Hall–Kier alpha value is -2.52. The molecule has 1 aromatic carbocycles. The molecule has 37 heavy (non-hydrogen) atoms. The molecule has 0 aromatic heterocycles. The van der Waals surface area contributed by atoms with Gasteiger partial charge in [-0.2, -0.15) is 0 Å². The van der Waals surface area contributed by atoms with Crippen LogP contribution in [-0.4, -0.2) is 80.7 Å². The minimum Gasteiger partial charge on any atom is -0.481 e. The van der Waals surface area contributed by atoms with E-state index in [1.807, 2.05) is 38.1 Å². The molecule has 1 spiro atoms. The maximum Gasteiger partial charge on any atom is 0.308 e. The summed E-state index contributed by atoms with van der Waals surface area (Å²) in [4.78, 5) is 46.3. The number of benzene rings is 1. The molecule has 6 atom stereocenters. The summed E-state index contributed by atoms with van der Waals surface area (Å²) in [5.74, 6) is -3.22.